The van der Waals surface area contributed by atoms with E-state index in [9.17, 15) is 8.78 Å². The molecule has 1 atom stereocenters. The average molecular weight is 410 g/mol. The summed E-state index contributed by atoms with van der Waals surface area (Å²) in [5, 5.41) is 4.13. The Kier molecular flexibility index (Phi) is 4.90. The molecule has 0 aliphatic heterocycles. The highest BCUT2D eigenvalue weighted by atomic mass is 79.9. The molecule has 0 fully saturated rings. The first-order valence-electron chi connectivity index (χ1n) is 5.81. The first-order valence-corrected chi connectivity index (χ1v) is 7.40. The van der Waals surface area contributed by atoms with Crippen molar-refractivity contribution in [3.05, 3.63) is 50.2 Å². The normalized spacial score (nSPS) is 12.7. The molecular weight excluding hydrogens is 398 g/mol. The van der Waals surface area contributed by atoms with Gasteiger partial charge in [0.1, 0.15) is 11.6 Å². The summed E-state index contributed by atoms with van der Waals surface area (Å²) in [4.78, 5) is 0. The Hall–Kier alpha value is -0.830. The Morgan fingerprint density at radius 3 is 2.45 bits per heavy atom. The SMILES string of the molecule is CCn1ncc(Br)c1C(NN)c1c(F)cc(Br)cc1F. The van der Waals surface area contributed by atoms with Crippen LogP contribution in [0.15, 0.2) is 27.3 Å². The van der Waals surface area contributed by atoms with Crippen LogP contribution in [0.2, 0.25) is 0 Å². The molecular formula is C12H12Br2F2N4. The lowest BCUT2D eigenvalue weighted by atomic mass is 10.0. The number of aromatic nitrogens is 2. The number of nitrogens with two attached hydrogens (primary N) is 1. The predicted molar refractivity (Wildman–Crippen MR) is 78.8 cm³/mol. The monoisotopic (exact) mass is 408 g/mol. The Morgan fingerprint density at radius 2 is 1.95 bits per heavy atom. The summed E-state index contributed by atoms with van der Waals surface area (Å²) >= 11 is 6.38. The van der Waals surface area contributed by atoms with Crippen molar-refractivity contribution < 1.29 is 8.78 Å². The molecule has 0 aliphatic carbocycles. The molecule has 0 aliphatic rings. The van der Waals surface area contributed by atoms with E-state index in [2.05, 4.69) is 42.4 Å². The third-order valence-corrected chi connectivity index (χ3v) is 3.97. The number of nitrogens with one attached hydrogen (secondary N) is 1. The van der Waals surface area contributed by atoms with E-state index in [1.807, 2.05) is 6.92 Å². The van der Waals surface area contributed by atoms with Gasteiger partial charge in [-0.25, -0.2) is 14.2 Å². The lowest BCUT2D eigenvalue weighted by Gasteiger charge is -2.20. The van der Waals surface area contributed by atoms with Gasteiger partial charge in [-0.15, -0.1) is 0 Å². The van der Waals surface area contributed by atoms with E-state index < -0.39 is 17.7 Å². The second-order valence-corrected chi connectivity index (χ2v) is 5.85. The third kappa shape index (κ3) is 2.78. The van der Waals surface area contributed by atoms with E-state index >= 15 is 0 Å². The number of hydrogen-bond donors (Lipinski definition) is 2. The lowest BCUT2D eigenvalue weighted by Crippen LogP contribution is -2.32. The summed E-state index contributed by atoms with van der Waals surface area (Å²) in [5.74, 6) is 4.14. The van der Waals surface area contributed by atoms with Crippen LogP contribution in [-0.4, -0.2) is 9.78 Å². The zero-order valence-electron chi connectivity index (χ0n) is 10.5. The minimum atomic E-state index is -0.847. The smallest absolute Gasteiger partial charge is 0.132 e. The van der Waals surface area contributed by atoms with Gasteiger partial charge in [0.15, 0.2) is 0 Å². The molecule has 3 N–H and O–H groups in total. The molecule has 2 aromatic rings. The molecule has 108 valence electrons. The maximum atomic E-state index is 14.1. The average Bonchev–Trinajstić information content (AvgIpc) is 2.74. The van der Waals surface area contributed by atoms with Crippen LogP contribution >= 0.6 is 31.9 Å². The van der Waals surface area contributed by atoms with Crippen molar-refractivity contribution in [3.63, 3.8) is 0 Å². The molecule has 0 saturated heterocycles. The molecule has 2 rings (SSSR count). The van der Waals surface area contributed by atoms with Crippen molar-refractivity contribution >= 4 is 31.9 Å². The maximum absolute atomic E-state index is 14.1. The van der Waals surface area contributed by atoms with E-state index in [0.29, 0.717) is 21.2 Å². The molecule has 8 heteroatoms. The molecule has 0 spiro atoms. The summed E-state index contributed by atoms with van der Waals surface area (Å²) in [5.41, 5.74) is 2.87. The number of aryl methyl sites for hydroxylation is 1. The Labute approximate surface area is 131 Å². The minimum absolute atomic E-state index is 0.147. The fourth-order valence-corrected chi connectivity index (χ4v) is 2.97. The van der Waals surface area contributed by atoms with Crippen LogP contribution in [0, 0.1) is 11.6 Å². The Bertz CT molecular complexity index is 607. The summed E-state index contributed by atoms with van der Waals surface area (Å²) in [6.45, 7) is 2.43. The van der Waals surface area contributed by atoms with Crippen molar-refractivity contribution in [1.29, 1.82) is 0 Å². The van der Waals surface area contributed by atoms with Crippen LogP contribution in [0.1, 0.15) is 24.2 Å². The van der Waals surface area contributed by atoms with Crippen LogP contribution in [0.25, 0.3) is 0 Å². The highest BCUT2D eigenvalue weighted by Crippen LogP contribution is 2.32. The van der Waals surface area contributed by atoms with E-state index in [4.69, 9.17) is 5.84 Å². The number of nitrogens with zero attached hydrogens (tertiary/aromatic N) is 2. The van der Waals surface area contributed by atoms with Gasteiger partial charge in [-0.1, -0.05) is 15.9 Å². The third-order valence-electron chi connectivity index (χ3n) is 2.91. The number of rotatable bonds is 4. The van der Waals surface area contributed by atoms with E-state index in [1.165, 1.54) is 12.1 Å². The molecule has 4 nitrogen and oxygen atoms in total. The Balaban J connectivity index is 2.61. The van der Waals surface area contributed by atoms with Gasteiger partial charge in [-0.2, -0.15) is 5.10 Å². The van der Waals surface area contributed by atoms with E-state index in [-0.39, 0.29) is 5.56 Å². The first-order chi connectivity index (χ1) is 9.49. The lowest BCUT2D eigenvalue weighted by molar-refractivity contribution is 0.482. The highest BCUT2D eigenvalue weighted by Gasteiger charge is 2.26. The number of hydrazine groups is 1. The van der Waals surface area contributed by atoms with Gasteiger partial charge in [0.05, 0.1) is 22.4 Å². The van der Waals surface area contributed by atoms with Gasteiger partial charge in [0, 0.05) is 16.6 Å². The summed E-state index contributed by atoms with van der Waals surface area (Å²) in [6, 6.07) is 1.55. The topological polar surface area (TPSA) is 55.9 Å². The molecule has 0 amide bonds. The van der Waals surface area contributed by atoms with Gasteiger partial charge in [-0.3, -0.25) is 10.5 Å². The Morgan fingerprint density at radius 1 is 1.35 bits per heavy atom. The zero-order chi connectivity index (χ0) is 14.9. The van der Waals surface area contributed by atoms with Crippen molar-refractivity contribution in [2.75, 3.05) is 0 Å². The second-order valence-electron chi connectivity index (χ2n) is 4.08. The van der Waals surface area contributed by atoms with Gasteiger partial charge in [0.2, 0.25) is 0 Å². The largest absolute Gasteiger partial charge is 0.271 e. The van der Waals surface area contributed by atoms with E-state index in [0.717, 1.165) is 0 Å². The zero-order valence-corrected chi connectivity index (χ0v) is 13.7. The van der Waals surface area contributed by atoms with Gasteiger partial charge in [-0.05, 0) is 35.0 Å². The molecule has 0 bridgehead atoms. The summed E-state index contributed by atoms with van der Waals surface area (Å²) in [7, 11) is 0. The van der Waals surface area contributed by atoms with Crippen molar-refractivity contribution in [2.45, 2.75) is 19.5 Å². The van der Waals surface area contributed by atoms with Crippen LogP contribution in [-0.2, 0) is 6.54 Å². The van der Waals surface area contributed by atoms with Crippen molar-refractivity contribution in [1.82, 2.24) is 15.2 Å². The number of benzene rings is 1. The van der Waals surface area contributed by atoms with Gasteiger partial charge in [0.25, 0.3) is 0 Å². The predicted octanol–water partition coefficient (Wildman–Crippen LogP) is 3.26. The van der Waals surface area contributed by atoms with Crippen LogP contribution in [0.5, 0.6) is 0 Å². The van der Waals surface area contributed by atoms with Crippen molar-refractivity contribution in [3.8, 4) is 0 Å². The maximum Gasteiger partial charge on any atom is 0.132 e. The van der Waals surface area contributed by atoms with Crippen LogP contribution < -0.4 is 11.3 Å². The number of halogens is 4. The van der Waals surface area contributed by atoms with Crippen LogP contribution in [0.4, 0.5) is 8.78 Å². The minimum Gasteiger partial charge on any atom is -0.271 e. The fourth-order valence-electron chi connectivity index (χ4n) is 2.04. The molecule has 1 aromatic heterocycles. The summed E-state index contributed by atoms with van der Waals surface area (Å²) in [6.07, 6.45) is 1.57. The van der Waals surface area contributed by atoms with E-state index in [1.54, 1.807) is 10.9 Å². The quantitative estimate of drug-likeness (QED) is 0.601. The molecule has 1 unspecified atom stereocenters. The van der Waals surface area contributed by atoms with Gasteiger partial charge < -0.3 is 0 Å². The fraction of sp³-hybridized carbons (Fsp3) is 0.250. The highest BCUT2D eigenvalue weighted by molar-refractivity contribution is 9.10. The molecule has 20 heavy (non-hydrogen) atoms. The standard InChI is InChI=1S/C12H12Br2F2N4/c1-2-20-12(7(14)5-18-20)11(19-17)10-8(15)3-6(13)4-9(10)16/h3-5,11,19H,2,17H2,1H3. The van der Waals surface area contributed by atoms with Gasteiger partial charge >= 0.3 is 0 Å². The van der Waals surface area contributed by atoms with Crippen LogP contribution in [0.3, 0.4) is 0 Å². The summed E-state index contributed by atoms with van der Waals surface area (Å²) < 4.78 is 30.8. The molecule has 0 radical (unpaired) electrons. The van der Waals surface area contributed by atoms with Crippen molar-refractivity contribution in [2.24, 2.45) is 5.84 Å². The first kappa shape index (κ1) is 15.6. The molecule has 1 aromatic carbocycles. The second kappa shape index (κ2) is 6.30. The number of hydrogen-bond acceptors (Lipinski definition) is 3. The molecule has 1 heterocycles. The molecule has 0 saturated carbocycles.